The van der Waals surface area contributed by atoms with Crippen molar-refractivity contribution >= 4 is 11.9 Å². The number of carbonyl (C=O) groups is 1. The largest absolute Gasteiger partial charge is 0.383 e. The summed E-state index contributed by atoms with van der Waals surface area (Å²) in [6.45, 7) is 5.64. The first kappa shape index (κ1) is 18.3. The van der Waals surface area contributed by atoms with E-state index in [9.17, 15) is 4.79 Å². The van der Waals surface area contributed by atoms with E-state index in [1.165, 1.54) is 0 Å². The van der Waals surface area contributed by atoms with Crippen molar-refractivity contribution in [3.63, 3.8) is 0 Å². The minimum Gasteiger partial charge on any atom is -0.383 e. The Morgan fingerprint density at radius 2 is 2.00 bits per heavy atom. The maximum atomic E-state index is 12.7. The van der Waals surface area contributed by atoms with E-state index in [2.05, 4.69) is 24.8 Å². The molecule has 8 heteroatoms. The highest BCUT2D eigenvalue weighted by atomic mass is 16.5. The highest BCUT2D eigenvalue weighted by Crippen LogP contribution is 2.27. The molecule has 3 rings (SSSR count). The standard InChI is InChI=1S/C18H26N6O2/c1-3-19-18-21-12-15(13-22-18)17(25)24-7-4-14(5-8-24)16-20-6-9-23(16)10-11-26-2/h6,9,12-14H,3-5,7-8,10-11H2,1-2H3,(H,19,21,22). The molecule has 0 bridgehead atoms. The molecule has 1 saturated heterocycles. The lowest BCUT2D eigenvalue weighted by atomic mass is 9.95. The summed E-state index contributed by atoms with van der Waals surface area (Å²) in [6, 6.07) is 0. The molecule has 3 heterocycles. The van der Waals surface area contributed by atoms with Crippen molar-refractivity contribution in [1.82, 2.24) is 24.4 Å². The van der Waals surface area contributed by atoms with Crippen LogP contribution < -0.4 is 5.32 Å². The van der Waals surface area contributed by atoms with Gasteiger partial charge in [-0.3, -0.25) is 4.79 Å². The molecule has 1 fully saturated rings. The molecule has 0 aliphatic carbocycles. The number of rotatable bonds is 7. The first-order chi connectivity index (χ1) is 12.7. The second-order valence-corrected chi connectivity index (χ2v) is 6.36. The van der Waals surface area contributed by atoms with Gasteiger partial charge in [0.1, 0.15) is 5.82 Å². The molecule has 2 aromatic heterocycles. The number of imidazole rings is 1. The van der Waals surface area contributed by atoms with Gasteiger partial charge in [-0.05, 0) is 19.8 Å². The van der Waals surface area contributed by atoms with Crippen LogP contribution in [0.2, 0.25) is 0 Å². The normalized spacial score (nSPS) is 15.2. The Morgan fingerprint density at radius 1 is 1.27 bits per heavy atom. The summed E-state index contributed by atoms with van der Waals surface area (Å²) in [5.74, 6) is 2.01. The number of methoxy groups -OCH3 is 1. The fourth-order valence-corrected chi connectivity index (χ4v) is 3.27. The number of likely N-dealkylation sites (tertiary alicyclic amines) is 1. The zero-order valence-electron chi connectivity index (χ0n) is 15.4. The fraction of sp³-hybridized carbons (Fsp3) is 0.556. The van der Waals surface area contributed by atoms with Gasteiger partial charge in [0.15, 0.2) is 0 Å². The minimum absolute atomic E-state index is 0.00535. The molecule has 0 aromatic carbocycles. The monoisotopic (exact) mass is 358 g/mol. The highest BCUT2D eigenvalue weighted by Gasteiger charge is 2.27. The van der Waals surface area contributed by atoms with Crippen LogP contribution >= 0.6 is 0 Å². The average Bonchev–Trinajstić information content (AvgIpc) is 3.15. The van der Waals surface area contributed by atoms with Gasteiger partial charge in [0.25, 0.3) is 5.91 Å². The second kappa shape index (κ2) is 8.75. The summed E-state index contributed by atoms with van der Waals surface area (Å²) < 4.78 is 7.31. The van der Waals surface area contributed by atoms with Gasteiger partial charge in [-0.2, -0.15) is 0 Å². The summed E-state index contributed by atoms with van der Waals surface area (Å²) in [5, 5.41) is 3.03. The molecule has 140 valence electrons. The maximum Gasteiger partial charge on any atom is 0.256 e. The predicted octanol–water partition coefficient (Wildman–Crippen LogP) is 1.77. The van der Waals surface area contributed by atoms with E-state index < -0.39 is 0 Å². The predicted molar refractivity (Wildman–Crippen MR) is 98.2 cm³/mol. The third-order valence-corrected chi connectivity index (χ3v) is 4.66. The smallest absolute Gasteiger partial charge is 0.256 e. The quantitative estimate of drug-likeness (QED) is 0.812. The molecule has 0 atom stereocenters. The van der Waals surface area contributed by atoms with Crippen LogP contribution in [-0.4, -0.2) is 63.7 Å². The van der Waals surface area contributed by atoms with E-state index in [-0.39, 0.29) is 5.91 Å². The molecule has 1 N–H and O–H groups in total. The van der Waals surface area contributed by atoms with Crippen molar-refractivity contribution in [1.29, 1.82) is 0 Å². The van der Waals surface area contributed by atoms with Crippen molar-refractivity contribution < 1.29 is 9.53 Å². The number of carbonyl (C=O) groups excluding carboxylic acids is 1. The number of ether oxygens (including phenoxy) is 1. The van der Waals surface area contributed by atoms with E-state index in [4.69, 9.17) is 4.74 Å². The minimum atomic E-state index is -0.00535. The van der Waals surface area contributed by atoms with E-state index in [0.29, 0.717) is 24.0 Å². The Bertz CT molecular complexity index is 707. The Labute approximate surface area is 153 Å². The van der Waals surface area contributed by atoms with Gasteiger partial charge >= 0.3 is 0 Å². The van der Waals surface area contributed by atoms with Crippen LogP contribution in [-0.2, 0) is 11.3 Å². The Hall–Kier alpha value is -2.48. The summed E-state index contributed by atoms with van der Waals surface area (Å²) >= 11 is 0. The lowest BCUT2D eigenvalue weighted by Crippen LogP contribution is -2.38. The van der Waals surface area contributed by atoms with Crippen molar-refractivity contribution in [3.05, 3.63) is 36.2 Å². The molecule has 26 heavy (non-hydrogen) atoms. The van der Waals surface area contributed by atoms with Gasteiger partial charge in [0, 0.05) is 64.0 Å². The maximum absolute atomic E-state index is 12.7. The van der Waals surface area contributed by atoms with Crippen LogP contribution in [0.25, 0.3) is 0 Å². The third-order valence-electron chi connectivity index (χ3n) is 4.66. The Kier molecular flexibility index (Phi) is 6.17. The molecule has 0 spiro atoms. The molecule has 0 unspecified atom stereocenters. The molecule has 1 aliphatic rings. The molecule has 0 radical (unpaired) electrons. The SMILES string of the molecule is CCNc1ncc(C(=O)N2CCC(c3nccn3CCOC)CC2)cn1. The van der Waals surface area contributed by atoms with Crippen LogP contribution in [0.15, 0.2) is 24.8 Å². The summed E-state index contributed by atoms with van der Waals surface area (Å²) in [6.07, 6.45) is 8.84. The number of piperidine rings is 1. The Balaban J connectivity index is 1.58. The lowest BCUT2D eigenvalue weighted by molar-refractivity contribution is 0.0709. The number of hydrogen-bond donors (Lipinski definition) is 1. The lowest BCUT2D eigenvalue weighted by Gasteiger charge is -2.32. The summed E-state index contributed by atoms with van der Waals surface area (Å²) in [5.41, 5.74) is 0.534. The summed E-state index contributed by atoms with van der Waals surface area (Å²) in [7, 11) is 1.70. The molecule has 8 nitrogen and oxygen atoms in total. The van der Waals surface area contributed by atoms with Gasteiger partial charge in [-0.15, -0.1) is 0 Å². The van der Waals surface area contributed by atoms with E-state index >= 15 is 0 Å². The number of nitrogens with zero attached hydrogens (tertiary/aromatic N) is 5. The fourth-order valence-electron chi connectivity index (χ4n) is 3.27. The van der Waals surface area contributed by atoms with Crippen molar-refractivity contribution in [3.8, 4) is 0 Å². The highest BCUT2D eigenvalue weighted by molar-refractivity contribution is 5.93. The number of anilines is 1. The zero-order valence-corrected chi connectivity index (χ0v) is 15.4. The van der Waals surface area contributed by atoms with Crippen molar-refractivity contribution in [2.24, 2.45) is 0 Å². The Morgan fingerprint density at radius 3 is 2.65 bits per heavy atom. The van der Waals surface area contributed by atoms with E-state index in [1.54, 1.807) is 19.5 Å². The van der Waals surface area contributed by atoms with Crippen LogP contribution in [0.4, 0.5) is 5.95 Å². The number of aromatic nitrogens is 4. The number of amides is 1. The second-order valence-electron chi connectivity index (χ2n) is 6.36. The van der Waals surface area contributed by atoms with Gasteiger partial charge < -0.3 is 19.5 Å². The van der Waals surface area contributed by atoms with Gasteiger partial charge in [0.2, 0.25) is 5.95 Å². The molecular formula is C18H26N6O2. The zero-order chi connectivity index (χ0) is 18.4. The average molecular weight is 358 g/mol. The van der Waals surface area contributed by atoms with Crippen LogP contribution in [0.5, 0.6) is 0 Å². The van der Waals surface area contributed by atoms with Crippen LogP contribution in [0, 0.1) is 0 Å². The first-order valence-corrected chi connectivity index (χ1v) is 9.08. The third kappa shape index (κ3) is 4.19. The molecule has 2 aromatic rings. The first-order valence-electron chi connectivity index (χ1n) is 9.08. The van der Waals surface area contributed by atoms with Crippen molar-refractivity contribution in [2.75, 3.05) is 38.7 Å². The van der Waals surface area contributed by atoms with Gasteiger partial charge in [-0.25, -0.2) is 15.0 Å². The number of nitrogens with one attached hydrogen (secondary N) is 1. The summed E-state index contributed by atoms with van der Waals surface area (Å²) in [4.78, 5) is 27.4. The van der Waals surface area contributed by atoms with Crippen LogP contribution in [0.3, 0.4) is 0 Å². The molecular weight excluding hydrogens is 332 g/mol. The number of hydrogen-bond acceptors (Lipinski definition) is 6. The van der Waals surface area contributed by atoms with Crippen molar-refractivity contribution in [2.45, 2.75) is 32.2 Å². The topological polar surface area (TPSA) is 85.2 Å². The van der Waals surface area contributed by atoms with Crippen LogP contribution in [0.1, 0.15) is 41.9 Å². The van der Waals surface area contributed by atoms with E-state index in [1.807, 2.05) is 24.2 Å². The molecule has 0 saturated carbocycles. The van der Waals surface area contributed by atoms with Gasteiger partial charge in [-0.1, -0.05) is 0 Å². The van der Waals surface area contributed by atoms with Gasteiger partial charge in [0.05, 0.1) is 12.2 Å². The molecule has 1 aliphatic heterocycles. The molecule has 1 amide bonds. The van der Waals surface area contributed by atoms with E-state index in [0.717, 1.165) is 44.8 Å².